The molecule has 1 aliphatic heterocycles. The first-order chi connectivity index (χ1) is 14.9. The number of ether oxygens (including phenoxy) is 1. The smallest absolute Gasteiger partial charge is 0.202 e. The fourth-order valence-corrected chi connectivity index (χ4v) is 5.77. The van der Waals surface area contributed by atoms with Gasteiger partial charge in [0.05, 0.1) is 18.0 Å². The molecule has 0 radical (unpaired) electrons. The molecule has 5 rings (SSSR count). The summed E-state index contributed by atoms with van der Waals surface area (Å²) in [7, 11) is 1.48. The number of methoxy groups -OCH3 is 1. The Kier molecular flexibility index (Phi) is 4.61. The Labute approximate surface area is 182 Å². The first-order valence-electron chi connectivity index (χ1n) is 10.4. The number of fused-ring (bicyclic) bond motifs is 2. The van der Waals surface area contributed by atoms with Crippen LogP contribution in [0.2, 0.25) is 0 Å². The summed E-state index contributed by atoms with van der Waals surface area (Å²) in [6, 6.07) is 3.31. The van der Waals surface area contributed by atoms with Crippen LogP contribution in [0.4, 0.5) is 10.1 Å². The lowest BCUT2D eigenvalue weighted by molar-refractivity contribution is 0.413. The molecule has 2 atom stereocenters. The Hall–Kier alpha value is -2.83. The topological polar surface area (TPSA) is 105 Å². The highest BCUT2D eigenvalue weighted by molar-refractivity contribution is 7.19. The fourth-order valence-electron chi connectivity index (χ4n) is 4.70. The molecular weight excluding hydrogens is 419 g/mol. The zero-order chi connectivity index (χ0) is 22.0. The number of hydrogen-bond donors (Lipinski definition) is 2. The molecule has 1 aromatic carbocycles. The Balaban J connectivity index is 1.86. The van der Waals surface area contributed by atoms with Crippen molar-refractivity contribution in [3.63, 3.8) is 0 Å². The third-order valence-corrected chi connectivity index (χ3v) is 7.56. The molecule has 9 heteroatoms. The number of rotatable bonds is 4. The largest absolute Gasteiger partial charge is 0.505 e. The number of thiophene rings is 1. The van der Waals surface area contributed by atoms with E-state index in [1.807, 2.05) is 22.5 Å². The molecule has 2 aromatic heterocycles. The number of aromatic nitrogens is 1. The minimum Gasteiger partial charge on any atom is -0.505 e. The van der Waals surface area contributed by atoms with Crippen LogP contribution in [0.25, 0.3) is 21.1 Å². The first-order valence-corrected chi connectivity index (χ1v) is 11.2. The second-order valence-corrected chi connectivity index (χ2v) is 9.49. The van der Waals surface area contributed by atoms with Crippen molar-refractivity contribution in [3.05, 3.63) is 27.0 Å². The highest BCUT2D eigenvalue weighted by Gasteiger charge is 2.35. The molecule has 7 nitrogen and oxygen atoms in total. The van der Waals surface area contributed by atoms with Crippen molar-refractivity contribution in [2.75, 3.05) is 25.1 Å². The lowest BCUT2D eigenvalue weighted by Crippen LogP contribution is -2.30. The number of halogens is 1. The Morgan fingerprint density at radius 1 is 1.42 bits per heavy atom. The van der Waals surface area contributed by atoms with Crippen LogP contribution in [0.15, 0.2) is 10.9 Å². The highest BCUT2D eigenvalue weighted by atomic mass is 32.1. The standard InChI is InChI=1S/C22H23FN4O3S/c1-10(25)11-5-6-26(9-11)18-14(23)7-13-17(21(18)30-2)27(12-3-4-12)22-16(19(13)28)20(29)15(8-24)31-22/h7,10-12,29H,3-6,9,25H2,1-2H3/t10-,11+/m1/s1. The van der Waals surface area contributed by atoms with Gasteiger partial charge in [-0.05, 0) is 38.2 Å². The molecule has 1 saturated heterocycles. The number of nitrogens with zero attached hydrogens (tertiary/aromatic N) is 3. The van der Waals surface area contributed by atoms with Crippen molar-refractivity contribution in [3.8, 4) is 17.6 Å². The predicted octanol–water partition coefficient (Wildman–Crippen LogP) is 3.45. The van der Waals surface area contributed by atoms with Gasteiger partial charge in [-0.3, -0.25) is 4.79 Å². The Bertz CT molecular complexity index is 1320. The molecule has 0 unspecified atom stereocenters. The van der Waals surface area contributed by atoms with Crippen molar-refractivity contribution in [2.45, 2.75) is 38.3 Å². The summed E-state index contributed by atoms with van der Waals surface area (Å²) in [5, 5.41) is 20.1. The van der Waals surface area contributed by atoms with Gasteiger partial charge in [-0.25, -0.2) is 4.39 Å². The number of benzene rings is 1. The van der Waals surface area contributed by atoms with Crippen LogP contribution in [-0.4, -0.2) is 35.9 Å². The van der Waals surface area contributed by atoms with Gasteiger partial charge in [-0.15, -0.1) is 11.3 Å². The summed E-state index contributed by atoms with van der Waals surface area (Å²) < 4.78 is 23.1. The van der Waals surface area contributed by atoms with E-state index in [4.69, 9.17) is 10.5 Å². The van der Waals surface area contributed by atoms with Crippen LogP contribution >= 0.6 is 11.3 Å². The monoisotopic (exact) mass is 442 g/mol. The third-order valence-electron chi connectivity index (χ3n) is 6.48. The van der Waals surface area contributed by atoms with Gasteiger partial charge >= 0.3 is 0 Å². The number of anilines is 1. The van der Waals surface area contributed by atoms with Crippen LogP contribution in [0.3, 0.4) is 0 Å². The molecule has 2 fully saturated rings. The van der Waals surface area contributed by atoms with E-state index in [0.717, 1.165) is 30.6 Å². The summed E-state index contributed by atoms with van der Waals surface area (Å²) >= 11 is 1.09. The maximum absolute atomic E-state index is 15.4. The zero-order valence-electron chi connectivity index (χ0n) is 17.3. The molecule has 2 aliphatic rings. The Morgan fingerprint density at radius 2 is 2.16 bits per heavy atom. The van der Waals surface area contributed by atoms with Gasteiger partial charge in [-0.2, -0.15) is 5.26 Å². The summed E-state index contributed by atoms with van der Waals surface area (Å²) in [4.78, 5) is 15.9. The van der Waals surface area contributed by atoms with Crippen molar-refractivity contribution in [2.24, 2.45) is 11.7 Å². The number of nitrogens with two attached hydrogens (primary N) is 1. The van der Waals surface area contributed by atoms with E-state index in [9.17, 15) is 15.2 Å². The summed E-state index contributed by atoms with van der Waals surface area (Å²) in [5.41, 5.74) is 6.45. The van der Waals surface area contributed by atoms with Crippen LogP contribution in [-0.2, 0) is 0 Å². The van der Waals surface area contributed by atoms with Gasteiger partial charge in [0.1, 0.15) is 26.9 Å². The number of nitriles is 1. The van der Waals surface area contributed by atoms with Crippen molar-refractivity contribution < 1.29 is 14.2 Å². The third kappa shape index (κ3) is 2.89. The fraction of sp³-hybridized carbons (Fsp3) is 0.455. The average Bonchev–Trinajstić information content (AvgIpc) is 3.35. The molecule has 1 aliphatic carbocycles. The molecular formula is C22H23FN4O3S. The summed E-state index contributed by atoms with van der Waals surface area (Å²) in [5.74, 6) is -0.298. The van der Waals surface area contributed by atoms with Crippen molar-refractivity contribution in [1.29, 1.82) is 5.26 Å². The maximum atomic E-state index is 15.4. The molecule has 31 heavy (non-hydrogen) atoms. The van der Waals surface area contributed by atoms with E-state index in [-0.39, 0.29) is 39.4 Å². The molecule has 1 saturated carbocycles. The van der Waals surface area contributed by atoms with Crippen LogP contribution in [0.1, 0.15) is 37.1 Å². The lowest BCUT2D eigenvalue weighted by atomic mass is 10.0. The number of aromatic hydroxyl groups is 1. The van der Waals surface area contributed by atoms with Crippen LogP contribution in [0, 0.1) is 23.1 Å². The first kappa shape index (κ1) is 20.1. The second kappa shape index (κ2) is 7.11. The predicted molar refractivity (Wildman–Crippen MR) is 119 cm³/mol. The summed E-state index contributed by atoms with van der Waals surface area (Å²) in [6.45, 7) is 3.23. The number of pyridine rings is 1. The van der Waals surface area contributed by atoms with E-state index in [2.05, 4.69) is 0 Å². The van der Waals surface area contributed by atoms with Gasteiger partial charge in [-0.1, -0.05) is 0 Å². The van der Waals surface area contributed by atoms with Crippen LogP contribution in [0.5, 0.6) is 11.5 Å². The highest BCUT2D eigenvalue weighted by Crippen LogP contribution is 2.48. The van der Waals surface area contributed by atoms with Gasteiger partial charge in [0.25, 0.3) is 0 Å². The lowest BCUT2D eigenvalue weighted by Gasteiger charge is -2.25. The van der Waals surface area contributed by atoms with E-state index in [1.165, 1.54) is 13.2 Å². The average molecular weight is 443 g/mol. The maximum Gasteiger partial charge on any atom is 0.202 e. The molecule has 3 heterocycles. The van der Waals surface area contributed by atoms with Crippen molar-refractivity contribution in [1.82, 2.24) is 4.57 Å². The second-order valence-electron chi connectivity index (χ2n) is 8.49. The SMILES string of the molecule is COc1c(N2CC[C@H]([C@@H](C)N)C2)c(F)cc2c(=O)c3c(O)c(C#N)sc3n(C3CC3)c12. The molecule has 3 aromatic rings. The van der Waals surface area contributed by atoms with Crippen molar-refractivity contribution >= 4 is 38.1 Å². The quantitative estimate of drug-likeness (QED) is 0.641. The van der Waals surface area contributed by atoms with Gasteiger partial charge in [0.15, 0.2) is 17.3 Å². The summed E-state index contributed by atoms with van der Waals surface area (Å²) in [6.07, 6.45) is 2.66. The van der Waals surface area contributed by atoms with Crippen LogP contribution < -0.4 is 20.8 Å². The molecule has 0 bridgehead atoms. The molecule has 3 N–H and O–H groups in total. The normalized spacial score (nSPS) is 19.8. The molecule has 0 spiro atoms. The van der Waals surface area contributed by atoms with E-state index in [0.29, 0.717) is 34.9 Å². The van der Waals surface area contributed by atoms with Gasteiger partial charge < -0.3 is 25.0 Å². The Morgan fingerprint density at radius 3 is 2.74 bits per heavy atom. The van der Waals surface area contributed by atoms with Gasteiger partial charge in [0, 0.05) is 25.2 Å². The molecule has 162 valence electrons. The van der Waals surface area contributed by atoms with E-state index in [1.54, 1.807) is 0 Å². The number of hydrogen-bond acceptors (Lipinski definition) is 7. The zero-order valence-corrected chi connectivity index (χ0v) is 18.1. The molecule has 0 amide bonds. The van der Waals surface area contributed by atoms with Gasteiger partial charge in [0.2, 0.25) is 5.43 Å². The minimum atomic E-state index is -0.538. The minimum absolute atomic E-state index is 0.00211. The van der Waals surface area contributed by atoms with E-state index >= 15 is 4.39 Å². The van der Waals surface area contributed by atoms with E-state index < -0.39 is 11.2 Å².